The zero-order valence-corrected chi connectivity index (χ0v) is 5.62. The molecule has 0 fully saturated rings. The van der Waals surface area contributed by atoms with Crippen molar-refractivity contribution in [2.24, 2.45) is 5.90 Å². The fourth-order valence-corrected chi connectivity index (χ4v) is 0.276. The average Bonchev–Trinajstić information content (AvgIpc) is 1.99. The van der Waals surface area contributed by atoms with Crippen LogP contribution in [0.15, 0.2) is 0 Å². The molecule has 0 spiro atoms. The van der Waals surface area contributed by atoms with Gasteiger partial charge < -0.3 is 9.57 Å². The minimum Gasteiger partial charge on any atom is -0.454 e. The Morgan fingerprint density at radius 1 is 1.40 bits per heavy atom. The largest absolute Gasteiger partial charge is 0.454 e. The first-order chi connectivity index (χ1) is 4.70. The van der Waals surface area contributed by atoms with Gasteiger partial charge in [-0.2, -0.15) is 5.90 Å². The molecule has 2 N–H and O–H groups in total. The first kappa shape index (κ1) is 8.90. The molecule has 0 aromatic rings. The van der Waals surface area contributed by atoms with Gasteiger partial charge >= 0.3 is 11.9 Å². The lowest BCUT2D eigenvalue weighted by atomic mass is 10.5. The molecule has 0 aromatic heterocycles. The molecule has 5 nitrogen and oxygen atoms in total. The smallest absolute Gasteiger partial charge is 0.362 e. The van der Waals surface area contributed by atoms with E-state index in [-0.39, 0.29) is 6.42 Å². The van der Waals surface area contributed by atoms with E-state index in [1.54, 1.807) is 6.92 Å². The molecule has 0 amide bonds. The Labute approximate surface area is 58.0 Å². The summed E-state index contributed by atoms with van der Waals surface area (Å²) in [5, 5.41) is 0. The van der Waals surface area contributed by atoms with Crippen LogP contribution >= 0.6 is 0 Å². The first-order valence-corrected chi connectivity index (χ1v) is 2.76. The van der Waals surface area contributed by atoms with E-state index in [1.165, 1.54) is 0 Å². The van der Waals surface area contributed by atoms with Crippen LogP contribution in [0.25, 0.3) is 0 Å². The van der Waals surface area contributed by atoms with Crippen molar-refractivity contribution < 1.29 is 19.2 Å². The van der Waals surface area contributed by atoms with Crippen molar-refractivity contribution in [1.82, 2.24) is 0 Å². The van der Waals surface area contributed by atoms with Crippen molar-refractivity contribution in [3.05, 3.63) is 0 Å². The summed E-state index contributed by atoms with van der Waals surface area (Å²) < 4.78 is 4.35. The number of hydrogen-bond donors (Lipinski definition) is 1. The number of rotatable bonds is 3. The van der Waals surface area contributed by atoms with Gasteiger partial charge in [-0.05, 0) is 0 Å². The minimum atomic E-state index is -0.762. The molecule has 0 aliphatic rings. The molecule has 0 aliphatic carbocycles. The molecule has 5 heteroatoms. The third-order valence-corrected chi connectivity index (χ3v) is 0.771. The van der Waals surface area contributed by atoms with Crippen LogP contribution in [0.3, 0.4) is 0 Å². The van der Waals surface area contributed by atoms with Gasteiger partial charge in [-0.3, -0.25) is 4.79 Å². The highest BCUT2D eigenvalue weighted by molar-refractivity contribution is 5.75. The third kappa shape index (κ3) is 3.85. The molecule has 0 aliphatic heterocycles. The van der Waals surface area contributed by atoms with Crippen LogP contribution in [0.4, 0.5) is 0 Å². The van der Waals surface area contributed by atoms with E-state index >= 15 is 0 Å². The first-order valence-electron chi connectivity index (χ1n) is 2.76. The highest BCUT2D eigenvalue weighted by Gasteiger charge is 2.04. The molecule has 0 radical (unpaired) electrons. The molecular formula is C5H9NO4. The van der Waals surface area contributed by atoms with Crippen LogP contribution in [0.5, 0.6) is 0 Å². The zero-order chi connectivity index (χ0) is 7.98. The minimum absolute atomic E-state index is 0.234. The van der Waals surface area contributed by atoms with Gasteiger partial charge in [0.1, 0.15) is 0 Å². The fourth-order valence-electron chi connectivity index (χ4n) is 0.276. The van der Waals surface area contributed by atoms with E-state index in [0.29, 0.717) is 0 Å². The second-order valence-electron chi connectivity index (χ2n) is 1.50. The van der Waals surface area contributed by atoms with Gasteiger partial charge in [0.15, 0.2) is 6.61 Å². The lowest BCUT2D eigenvalue weighted by Crippen LogP contribution is -2.18. The van der Waals surface area contributed by atoms with Crippen LogP contribution < -0.4 is 5.90 Å². The quantitative estimate of drug-likeness (QED) is 0.424. The molecular weight excluding hydrogens is 138 g/mol. The Bertz CT molecular complexity index is 118. The van der Waals surface area contributed by atoms with Crippen LogP contribution in [-0.4, -0.2) is 18.5 Å². The summed E-state index contributed by atoms with van der Waals surface area (Å²) in [6, 6.07) is 0. The van der Waals surface area contributed by atoms with E-state index in [0.717, 1.165) is 0 Å². The lowest BCUT2D eigenvalue weighted by molar-refractivity contribution is -0.158. The highest BCUT2D eigenvalue weighted by atomic mass is 16.7. The summed E-state index contributed by atoms with van der Waals surface area (Å²) in [5.41, 5.74) is 0. The second-order valence-corrected chi connectivity index (χ2v) is 1.50. The standard InChI is InChI=1S/C5H9NO4/c1-2-4(7)9-3-5(8)10-6/h2-3,6H2,1H3. The lowest BCUT2D eigenvalue weighted by Gasteiger charge is -1.98. The van der Waals surface area contributed by atoms with E-state index in [4.69, 9.17) is 0 Å². The predicted molar refractivity (Wildman–Crippen MR) is 31.5 cm³/mol. The highest BCUT2D eigenvalue weighted by Crippen LogP contribution is 1.83. The zero-order valence-electron chi connectivity index (χ0n) is 5.62. The fraction of sp³-hybridized carbons (Fsp3) is 0.600. The number of carbonyl (C=O) groups excluding carboxylic acids is 2. The summed E-state index contributed by atoms with van der Waals surface area (Å²) in [7, 11) is 0. The summed E-state index contributed by atoms with van der Waals surface area (Å²) in [4.78, 5) is 24.3. The Hall–Kier alpha value is -1.10. The molecule has 0 aromatic carbocycles. The number of esters is 1. The van der Waals surface area contributed by atoms with Crippen molar-refractivity contribution in [1.29, 1.82) is 0 Å². The van der Waals surface area contributed by atoms with E-state index in [9.17, 15) is 9.59 Å². The van der Waals surface area contributed by atoms with Gasteiger partial charge in [0, 0.05) is 6.42 Å². The number of hydrogen-bond acceptors (Lipinski definition) is 5. The molecule has 10 heavy (non-hydrogen) atoms. The van der Waals surface area contributed by atoms with E-state index in [2.05, 4.69) is 15.5 Å². The van der Waals surface area contributed by atoms with Crippen molar-refractivity contribution in [3.63, 3.8) is 0 Å². The molecule has 0 unspecified atom stereocenters. The Balaban J connectivity index is 3.35. The molecule has 58 valence electrons. The number of carbonyl (C=O) groups is 2. The van der Waals surface area contributed by atoms with Crippen LogP contribution in [0, 0.1) is 0 Å². The maximum absolute atomic E-state index is 10.4. The Morgan fingerprint density at radius 3 is 2.40 bits per heavy atom. The van der Waals surface area contributed by atoms with Crippen LogP contribution in [0.2, 0.25) is 0 Å². The van der Waals surface area contributed by atoms with Gasteiger partial charge in [0.2, 0.25) is 0 Å². The molecule has 0 bridgehead atoms. The molecule has 0 saturated carbocycles. The maximum Gasteiger partial charge on any atom is 0.362 e. The van der Waals surface area contributed by atoms with Crippen LogP contribution in [0.1, 0.15) is 13.3 Å². The van der Waals surface area contributed by atoms with Crippen LogP contribution in [-0.2, 0) is 19.2 Å². The number of ether oxygens (including phenoxy) is 1. The SMILES string of the molecule is CCC(=O)OCC(=O)ON. The second kappa shape index (κ2) is 4.75. The monoisotopic (exact) mass is 147 g/mol. The Morgan fingerprint density at radius 2 is 2.00 bits per heavy atom. The normalized spacial score (nSPS) is 8.60. The molecule has 0 saturated heterocycles. The van der Waals surface area contributed by atoms with Gasteiger partial charge in [-0.1, -0.05) is 6.92 Å². The predicted octanol–water partition coefficient (Wildman–Crippen LogP) is -0.643. The van der Waals surface area contributed by atoms with Crippen molar-refractivity contribution in [3.8, 4) is 0 Å². The molecule has 0 heterocycles. The van der Waals surface area contributed by atoms with Gasteiger partial charge in [0.25, 0.3) is 0 Å². The summed E-state index contributed by atoms with van der Waals surface area (Å²) in [6.07, 6.45) is 0.234. The van der Waals surface area contributed by atoms with Gasteiger partial charge in [0.05, 0.1) is 0 Å². The molecule has 0 rings (SSSR count). The summed E-state index contributed by atoms with van der Waals surface area (Å²) in [5.74, 6) is 3.24. The topological polar surface area (TPSA) is 78.6 Å². The van der Waals surface area contributed by atoms with Gasteiger partial charge in [-0.15, -0.1) is 0 Å². The van der Waals surface area contributed by atoms with E-state index < -0.39 is 18.5 Å². The summed E-state index contributed by atoms with van der Waals surface area (Å²) in [6.45, 7) is 1.21. The van der Waals surface area contributed by atoms with Crippen molar-refractivity contribution in [2.45, 2.75) is 13.3 Å². The van der Waals surface area contributed by atoms with Crippen molar-refractivity contribution in [2.75, 3.05) is 6.61 Å². The summed E-state index contributed by atoms with van der Waals surface area (Å²) >= 11 is 0. The molecule has 0 atom stereocenters. The number of nitrogens with two attached hydrogens (primary N) is 1. The average molecular weight is 147 g/mol. The maximum atomic E-state index is 10.4. The third-order valence-electron chi connectivity index (χ3n) is 0.771. The van der Waals surface area contributed by atoms with Crippen molar-refractivity contribution >= 4 is 11.9 Å². The Kier molecular flexibility index (Phi) is 4.23. The van der Waals surface area contributed by atoms with E-state index in [1.807, 2.05) is 0 Å². The van der Waals surface area contributed by atoms with Gasteiger partial charge in [-0.25, -0.2) is 4.79 Å².